The first kappa shape index (κ1) is 11.4. The van der Waals surface area contributed by atoms with Gasteiger partial charge in [0.15, 0.2) is 11.6 Å². The van der Waals surface area contributed by atoms with Crippen LogP contribution in [0.4, 0.5) is 14.5 Å². The number of aromatic hydroxyl groups is 1. The van der Waals surface area contributed by atoms with E-state index in [0.717, 1.165) is 17.7 Å². The van der Waals surface area contributed by atoms with Crippen LogP contribution in [-0.2, 0) is 6.54 Å². The number of hydrogen-bond donors (Lipinski definition) is 2. The van der Waals surface area contributed by atoms with Gasteiger partial charge in [-0.2, -0.15) is 0 Å². The summed E-state index contributed by atoms with van der Waals surface area (Å²) < 4.78 is 25.6. The first-order valence-corrected chi connectivity index (χ1v) is 5.12. The second-order valence-corrected chi connectivity index (χ2v) is 3.65. The monoisotopic (exact) mass is 235 g/mol. The van der Waals surface area contributed by atoms with E-state index in [1.807, 2.05) is 0 Å². The minimum absolute atomic E-state index is 0.196. The Labute approximate surface area is 97.5 Å². The number of phenols is 1. The van der Waals surface area contributed by atoms with Gasteiger partial charge in [-0.3, -0.25) is 0 Å². The molecule has 0 fully saturated rings. The summed E-state index contributed by atoms with van der Waals surface area (Å²) in [5.74, 6) is -1.54. The van der Waals surface area contributed by atoms with E-state index in [4.69, 9.17) is 5.11 Å². The fourth-order valence-electron chi connectivity index (χ4n) is 1.42. The van der Waals surface area contributed by atoms with E-state index in [9.17, 15) is 8.78 Å². The normalized spacial score (nSPS) is 10.2. The summed E-state index contributed by atoms with van der Waals surface area (Å²) in [4.78, 5) is 0. The number of benzene rings is 2. The van der Waals surface area contributed by atoms with E-state index in [1.165, 1.54) is 6.07 Å². The van der Waals surface area contributed by atoms with E-state index in [-0.39, 0.29) is 5.75 Å². The Hall–Kier alpha value is -2.10. The Balaban J connectivity index is 2.02. The fraction of sp³-hybridized carbons (Fsp3) is 0.0769. The van der Waals surface area contributed by atoms with E-state index in [2.05, 4.69) is 5.32 Å². The number of halogens is 2. The molecule has 2 rings (SSSR count). The van der Waals surface area contributed by atoms with Crippen LogP contribution in [0.2, 0.25) is 0 Å². The fourth-order valence-corrected chi connectivity index (χ4v) is 1.42. The van der Waals surface area contributed by atoms with Gasteiger partial charge in [-0.1, -0.05) is 12.1 Å². The van der Waals surface area contributed by atoms with Crippen molar-refractivity contribution < 1.29 is 13.9 Å². The Kier molecular flexibility index (Phi) is 3.23. The highest BCUT2D eigenvalue weighted by Gasteiger charge is 2.02. The minimum Gasteiger partial charge on any atom is -0.508 e. The van der Waals surface area contributed by atoms with Crippen LogP contribution in [0.3, 0.4) is 0 Å². The van der Waals surface area contributed by atoms with Crippen molar-refractivity contribution >= 4 is 5.69 Å². The maximum atomic E-state index is 12.9. The van der Waals surface area contributed by atoms with Gasteiger partial charge in [0.05, 0.1) is 0 Å². The summed E-state index contributed by atoms with van der Waals surface area (Å²) in [5.41, 5.74) is 1.45. The third-order valence-corrected chi connectivity index (χ3v) is 2.35. The lowest BCUT2D eigenvalue weighted by molar-refractivity contribution is 0.475. The Morgan fingerprint density at radius 1 is 0.941 bits per heavy atom. The van der Waals surface area contributed by atoms with Crippen LogP contribution in [0.25, 0.3) is 0 Å². The molecule has 17 heavy (non-hydrogen) atoms. The number of phenolic OH excluding ortho intramolecular Hbond substituents is 1. The third kappa shape index (κ3) is 2.93. The molecule has 0 saturated carbocycles. The van der Waals surface area contributed by atoms with Gasteiger partial charge in [-0.15, -0.1) is 0 Å². The second-order valence-electron chi connectivity index (χ2n) is 3.65. The molecule has 0 aliphatic rings. The summed E-state index contributed by atoms with van der Waals surface area (Å²) in [6.07, 6.45) is 0. The maximum Gasteiger partial charge on any atom is 0.160 e. The minimum atomic E-state index is -0.874. The van der Waals surface area contributed by atoms with Gasteiger partial charge >= 0.3 is 0 Å². The Morgan fingerprint density at radius 3 is 2.29 bits per heavy atom. The topological polar surface area (TPSA) is 32.3 Å². The summed E-state index contributed by atoms with van der Waals surface area (Å²) in [7, 11) is 0. The number of anilines is 1. The van der Waals surface area contributed by atoms with Crippen molar-refractivity contribution in [1.29, 1.82) is 0 Å². The van der Waals surface area contributed by atoms with Gasteiger partial charge in [0.1, 0.15) is 5.75 Å². The SMILES string of the molecule is Oc1ccc(CNc2ccc(F)c(F)c2)cc1. The zero-order chi connectivity index (χ0) is 12.3. The molecule has 2 nitrogen and oxygen atoms in total. The summed E-state index contributed by atoms with van der Waals surface area (Å²) in [6, 6.07) is 10.3. The van der Waals surface area contributed by atoms with Crippen LogP contribution >= 0.6 is 0 Å². The van der Waals surface area contributed by atoms with Gasteiger partial charge in [0, 0.05) is 18.3 Å². The average Bonchev–Trinajstić information content (AvgIpc) is 2.33. The van der Waals surface area contributed by atoms with E-state index >= 15 is 0 Å². The van der Waals surface area contributed by atoms with Crippen molar-refractivity contribution in [2.75, 3.05) is 5.32 Å². The molecule has 0 atom stereocenters. The smallest absolute Gasteiger partial charge is 0.160 e. The average molecular weight is 235 g/mol. The molecule has 0 amide bonds. The highest BCUT2D eigenvalue weighted by Crippen LogP contribution is 2.15. The molecule has 0 unspecified atom stereocenters. The molecular formula is C13H11F2NO. The molecule has 0 aliphatic heterocycles. The van der Waals surface area contributed by atoms with Crippen LogP contribution in [0.15, 0.2) is 42.5 Å². The highest BCUT2D eigenvalue weighted by molar-refractivity contribution is 5.44. The molecule has 0 heterocycles. The number of rotatable bonds is 3. The molecule has 4 heteroatoms. The standard InChI is InChI=1S/C13H11F2NO/c14-12-6-3-10(7-13(12)15)16-8-9-1-4-11(17)5-2-9/h1-7,16-17H,8H2. The molecule has 0 radical (unpaired) electrons. The molecule has 2 aromatic rings. The van der Waals surface area contributed by atoms with Gasteiger partial charge < -0.3 is 10.4 Å². The first-order chi connectivity index (χ1) is 8.15. The zero-order valence-electron chi connectivity index (χ0n) is 8.95. The van der Waals surface area contributed by atoms with Crippen molar-refractivity contribution in [3.8, 4) is 5.75 Å². The van der Waals surface area contributed by atoms with Crippen molar-refractivity contribution in [3.63, 3.8) is 0 Å². The summed E-state index contributed by atoms with van der Waals surface area (Å²) in [5, 5.41) is 12.1. The summed E-state index contributed by atoms with van der Waals surface area (Å²) >= 11 is 0. The predicted octanol–water partition coefficient (Wildman–Crippen LogP) is 3.28. The second kappa shape index (κ2) is 4.82. The molecule has 0 aromatic heterocycles. The largest absolute Gasteiger partial charge is 0.508 e. The first-order valence-electron chi connectivity index (χ1n) is 5.12. The molecule has 0 bridgehead atoms. The highest BCUT2D eigenvalue weighted by atomic mass is 19.2. The van der Waals surface area contributed by atoms with Gasteiger partial charge in [0.2, 0.25) is 0 Å². The Morgan fingerprint density at radius 2 is 1.65 bits per heavy atom. The number of nitrogens with one attached hydrogen (secondary N) is 1. The summed E-state index contributed by atoms with van der Waals surface area (Å²) in [6.45, 7) is 0.478. The number of hydrogen-bond acceptors (Lipinski definition) is 2. The lowest BCUT2D eigenvalue weighted by Gasteiger charge is -2.06. The molecule has 0 aliphatic carbocycles. The molecule has 0 saturated heterocycles. The van der Waals surface area contributed by atoms with Crippen LogP contribution in [0, 0.1) is 11.6 Å². The lowest BCUT2D eigenvalue weighted by Crippen LogP contribution is -1.99. The van der Waals surface area contributed by atoms with Crippen molar-refractivity contribution in [1.82, 2.24) is 0 Å². The third-order valence-electron chi connectivity index (χ3n) is 2.35. The van der Waals surface area contributed by atoms with Crippen molar-refractivity contribution in [2.45, 2.75) is 6.54 Å². The Bertz CT molecular complexity index is 511. The van der Waals surface area contributed by atoms with Crippen LogP contribution in [0.1, 0.15) is 5.56 Å². The van der Waals surface area contributed by atoms with Crippen molar-refractivity contribution in [2.24, 2.45) is 0 Å². The van der Waals surface area contributed by atoms with E-state index in [1.54, 1.807) is 24.3 Å². The van der Waals surface area contributed by atoms with Crippen molar-refractivity contribution in [3.05, 3.63) is 59.7 Å². The molecule has 0 spiro atoms. The quantitative estimate of drug-likeness (QED) is 0.855. The van der Waals surface area contributed by atoms with Crippen LogP contribution < -0.4 is 5.32 Å². The molecular weight excluding hydrogens is 224 g/mol. The predicted molar refractivity (Wildman–Crippen MR) is 61.8 cm³/mol. The van der Waals surface area contributed by atoms with Crippen LogP contribution in [-0.4, -0.2) is 5.11 Å². The zero-order valence-corrected chi connectivity index (χ0v) is 8.95. The molecule has 2 aromatic carbocycles. The van der Waals surface area contributed by atoms with Gasteiger partial charge in [0.25, 0.3) is 0 Å². The molecule has 88 valence electrons. The van der Waals surface area contributed by atoms with Gasteiger partial charge in [-0.05, 0) is 29.8 Å². The van der Waals surface area contributed by atoms with E-state index in [0.29, 0.717) is 12.2 Å². The molecule has 2 N–H and O–H groups in total. The maximum absolute atomic E-state index is 12.9. The van der Waals surface area contributed by atoms with Gasteiger partial charge in [-0.25, -0.2) is 8.78 Å². The van der Waals surface area contributed by atoms with Crippen LogP contribution in [0.5, 0.6) is 5.75 Å². The lowest BCUT2D eigenvalue weighted by atomic mass is 10.2. The van der Waals surface area contributed by atoms with E-state index < -0.39 is 11.6 Å².